The molecule has 1 N–H and O–H groups in total. The fourth-order valence-corrected chi connectivity index (χ4v) is 1.64. The first-order chi connectivity index (χ1) is 7.20. The van der Waals surface area contributed by atoms with Crippen LogP contribution >= 0.6 is 15.9 Å². The van der Waals surface area contributed by atoms with Gasteiger partial charge in [-0.25, -0.2) is 4.98 Å². The highest BCUT2D eigenvalue weighted by molar-refractivity contribution is 9.10. The van der Waals surface area contributed by atoms with Gasteiger partial charge in [0.2, 0.25) is 0 Å². The molecule has 0 fully saturated rings. The number of H-pyrrole nitrogens is 1. The fourth-order valence-electron chi connectivity index (χ4n) is 1.27. The number of aromatic nitrogens is 2. The molecule has 0 saturated heterocycles. The summed E-state index contributed by atoms with van der Waals surface area (Å²) in [5.74, 6) is 0.707. The van der Waals surface area contributed by atoms with Crippen LogP contribution in [0.2, 0.25) is 0 Å². The van der Waals surface area contributed by atoms with Crippen LogP contribution in [0.25, 0.3) is 11.4 Å². The van der Waals surface area contributed by atoms with Crippen molar-refractivity contribution in [3.63, 3.8) is 0 Å². The quantitative estimate of drug-likeness (QED) is 0.858. The van der Waals surface area contributed by atoms with Gasteiger partial charge in [0, 0.05) is 5.56 Å². The third-order valence-corrected chi connectivity index (χ3v) is 2.66. The van der Waals surface area contributed by atoms with Gasteiger partial charge in [-0.1, -0.05) is 29.8 Å². The lowest BCUT2D eigenvalue weighted by atomic mass is 10.1. The second-order valence-electron chi connectivity index (χ2n) is 3.23. The molecule has 0 atom stereocenters. The first-order valence-corrected chi connectivity index (χ1v) is 5.22. The number of aryl methyl sites for hydroxylation is 1. The maximum Gasteiger partial charge on any atom is 0.173 e. The number of aromatic amines is 1. The molecule has 0 amide bonds. The second kappa shape index (κ2) is 3.87. The Morgan fingerprint density at radius 2 is 2.00 bits per heavy atom. The van der Waals surface area contributed by atoms with Crippen LogP contribution in [0.4, 0.5) is 0 Å². The van der Waals surface area contributed by atoms with Gasteiger partial charge in [0.05, 0.1) is 0 Å². The number of hydrogen-bond donors (Lipinski definition) is 1. The number of benzene rings is 1. The van der Waals surface area contributed by atoms with Gasteiger partial charge in [0.15, 0.2) is 5.69 Å². The molecule has 0 spiro atoms. The molecular weight excluding hydrogens is 254 g/mol. The maximum atomic E-state index is 8.76. The van der Waals surface area contributed by atoms with Gasteiger partial charge in [-0.2, -0.15) is 5.26 Å². The largest absolute Gasteiger partial charge is 0.332 e. The molecule has 0 radical (unpaired) electrons. The number of hydrogen-bond acceptors (Lipinski definition) is 2. The molecule has 1 heterocycles. The van der Waals surface area contributed by atoms with E-state index in [1.165, 1.54) is 5.56 Å². The van der Waals surface area contributed by atoms with Crippen LogP contribution in [0.5, 0.6) is 0 Å². The van der Waals surface area contributed by atoms with E-state index in [1.807, 2.05) is 37.3 Å². The molecule has 0 aliphatic carbocycles. The van der Waals surface area contributed by atoms with Crippen LogP contribution in [0.1, 0.15) is 11.3 Å². The van der Waals surface area contributed by atoms with Crippen LogP contribution < -0.4 is 0 Å². The van der Waals surface area contributed by atoms with Gasteiger partial charge in [0.1, 0.15) is 16.5 Å². The zero-order valence-electron chi connectivity index (χ0n) is 8.08. The van der Waals surface area contributed by atoms with Gasteiger partial charge >= 0.3 is 0 Å². The van der Waals surface area contributed by atoms with Crippen molar-refractivity contribution in [2.45, 2.75) is 6.92 Å². The molecule has 4 heteroatoms. The zero-order valence-corrected chi connectivity index (χ0v) is 9.67. The molecule has 0 unspecified atom stereocenters. The lowest BCUT2D eigenvalue weighted by Gasteiger charge is -1.96. The Morgan fingerprint density at radius 3 is 2.53 bits per heavy atom. The highest BCUT2D eigenvalue weighted by Gasteiger charge is 2.08. The van der Waals surface area contributed by atoms with Crippen molar-refractivity contribution in [1.82, 2.24) is 9.97 Å². The second-order valence-corrected chi connectivity index (χ2v) is 4.02. The van der Waals surface area contributed by atoms with E-state index in [2.05, 4.69) is 25.9 Å². The highest BCUT2D eigenvalue weighted by Crippen LogP contribution is 2.21. The Labute approximate surface area is 95.9 Å². The number of nitrogens with one attached hydrogen (secondary N) is 1. The van der Waals surface area contributed by atoms with Gasteiger partial charge in [-0.05, 0) is 22.9 Å². The van der Waals surface area contributed by atoms with E-state index in [0.29, 0.717) is 16.1 Å². The number of imidazole rings is 1. The van der Waals surface area contributed by atoms with E-state index in [-0.39, 0.29) is 0 Å². The van der Waals surface area contributed by atoms with Crippen molar-refractivity contribution in [1.29, 1.82) is 5.26 Å². The zero-order chi connectivity index (χ0) is 10.8. The van der Waals surface area contributed by atoms with Crippen molar-refractivity contribution >= 4 is 15.9 Å². The van der Waals surface area contributed by atoms with Gasteiger partial charge < -0.3 is 4.98 Å². The summed E-state index contributed by atoms with van der Waals surface area (Å²) in [4.78, 5) is 7.18. The Kier molecular flexibility index (Phi) is 2.57. The lowest BCUT2D eigenvalue weighted by molar-refractivity contribution is 1.28. The van der Waals surface area contributed by atoms with E-state index in [1.54, 1.807) is 0 Å². The Balaban J connectivity index is 2.46. The summed E-state index contributed by atoms with van der Waals surface area (Å²) in [6, 6.07) is 9.98. The average molecular weight is 262 g/mol. The van der Waals surface area contributed by atoms with E-state index < -0.39 is 0 Å². The Bertz CT molecular complexity index is 520. The number of halogens is 1. The number of nitriles is 1. The van der Waals surface area contributed by atoms with Crippen LogP contribution in [0.15, 0.2) is 28.9 Å². The predicted molar refractivity (Wildman–Crippen MR) is 61.2 cm³/mol. The minimum absolute atomic E-state index is 0.380. The molecule has 0 bridgehead atoms. The molecule has 0 saturated carbocycles. The summed E-state index contributed by atoms with van der Waals surface area (Å²) in [6.07, 6.45) is 0. The van der Waals surface area contributed by atoms with E-state index >= 15 is 0 Å². The molecule has 15 heavy (non-hydrogen) atoms. The van der Waals surface area contributed by atoms with Crippen molar-refractivity contribution in [2.24, 2.45) is 0 Å². The Hall–Kier alpha value is -1.60. The molecular formula is C11H8BrN3. The molecule has 74 valence electrons. The fraction of sp³-hybridized carbons (Fsp3) is 0.0909. The summed E-state index contributed by atoms with van der Waals surface area (Å²) >= 11 is 3.25. The van der Waals surface area contributed by atoms with Crippen molar-refractivity contribution in [2.75, 3.05) is 0 Å². The molecule has 1 aromatic carbocycles. The number of nitrogens with zero attached hydrogens (tertiary/aromatic N) is 2. The molecule has 0 aliphatic rings. The molecule has 2 rings (SSSR count). The van der Waals surface area contributed by atoms with Gasteiger partial charge in [-0.3, -0.25) is 0 Å². The molecule has 3 nitrogen and oxygen atoms in total. The summed E-state index contributed by atoms with van der Waals surface area (Å²) in [5.41, 5.74) is 2.55. The minimum atomic E-state index is 0.380. The normalized spacial score (nSPS) is 9.93. The van der Waals surface area contributed by atoms with Crippen LogP contribution in [-0.4, -0.2) is 9.97 Å². The topological polar surface area (TPSA) is 52.5 Å². The van der Waals surface area contributed by atoms with E-state index in [4.69, 9.17) is 5.26 Å². The third kappa shape index (κ3) is 1.92. The first-order valence-electron chi connectivity index (χ1n) is 4.43. The van der Waals surface area contributed by atoms with Gasteiger partial charge in [-0.15, -0.1) is 0 Å². The van der Waals surface area contributed by atoms with Gasteiger partial charge in [0.25, 0.3) is 0 Å². The third-order valence-electron chi connectivity index (χ3n) is 2.09. The van der Waals surface area contributed by atoms with Crippen LogP contribution in [-0.2, 0) is 0 Å². The summed E-state index contributed by atoms with van der Waals surface area (Å²) in [5, 5.41) is 8.76. The maximum absolute atomic E-state index is 8.76. The number of rotatable bonds is 1. The predicted octanol–water partition coefficient (Wildman–Crippen LogP) is 3.02. The van der Waals surface area contributed by atoms with E-state index in [9.17, 15) is 0 Å². The highest BCUT2D eigenvalue weighted by atomic mass is 79.9. The van der Waals surface area contributed by atoms with Crippen molar-refractivity contribution in [3.05, 3.63) is 40.1 Å². The van der Waals surface area contributed by atoms with E-state index in [0.717, 1.165) is 5.56 Å². The van der Waals surface area contributed by atoms with Crippen LogP contribution in [0, 0.1) is 18.3 Å². The Morgan fingerprint density at radius 1 is 1.33 bits per heavy atom. The summed E-state index contributed by atoms with van der Waals surface area (Å²) < 4.78 is 0.626. The summed E-state index contributed by atoms with van der Waals surface area (Å²) in [6.45, 7) is 2.03. The van der Waals surface area contributed by atoms with Crippen LogP contribution in [0.3, 0.4) is 0 Å². The standard InChI is InChI=1S/C11H8BrN3/c1-7-2-4-8(5-3-7)11-14-9(6-13)10(12)15-11/h2-5H,1H3,(H,14,15). The minimum Gasteiger partial charge on any atom is -0.332 e. The molecule has 1 aromatic heterocycles. The molecule has 2 aromatic rings. The SMILES string of the molecule is Cc1ccc(-c2nc(C#N)c(Br)[nH]2)cc1. The molecule has 0 aliphatic heterocycles. The first kappa shape index (κ1) is 9.94. The smallest absolute Gasteiger partial charge is 0.173 e. The summed E-state index contributed by atoms with van der Waals surface area (Å²) in [7, 11) is 0. The average Bonchev–Trinajstić information content (AvgIpc) is 2.61. The van der Waals surface area contributed by atoms with Crippen molar-refractivity contribution in [3.8, 4) is 17.5 Å². The monoisotopic (exact) mass is 261 g/mol. The lowest BCUT2D eigenvalue weighted by Crippen LogP contribution is -1.80. The van der Waals surface area contributed by atoms with Crippen molar-refractivity contribution < 1.29 is 0 Å².